The SMILES string of the molecule is CCCCCC/C=C/C=C/CCCCCCCC(=O)OC[C@H](CO[C@@H]1O[C@H](CO)[C@H](O)C(O)C1O)OC(=O)CCCCCCCCCCCCCCCCCCC. The molecule has 0 spiro atoms. The van der Waals surface area contributed by atoms with Gasteiger partial charge >= 0.3 is 11.9 Å². The summed E-state index contributed by atoms with van der Waals surface area (Å²) < 4.78 is 22.2. The number of aliphatic hydroxyl groups excluding tert-OH is 4. The number of aliphatic hydroxyl groups is 4. The van der Waals surface area contributed by atoms with E-state index in [1.807, 2.05) is 0 Å². The largest absolute Gasteiger partial charge is 0.462 e. The number of hydrogen-bond acceptors (Lipinski definition) is 10. The van der Waals surface area contributed by atoms with Gasteiger partial charge in [-0.1, -0.05) is 179 Å². The molecule has 0 aromatic carbocycles. The van der Waals surface area contributed by atoms with Gasteiger partial charge in [0.15, 0.2) is 12.4 Å². The van der Waals surface area contributed by atoms with Crippen LogP contribution in [0.15, 0.2) is 24.3 Å². The van der Waals surface area contributed by atoms with Crippen molar-refractivity contribution in [3.05, 3.63) is 24.3 Å². The molecule has 0 aliphatic carbocycles. The molecule has 0 aromatic heterocycles. The van der Waals surface area contributed by atoms with Gasteiger partial charge in [0, 0.05) is 12.8 Å². The summed E-state index contributed by atoms with van der Waals surface area (Å²) >= 11 is 0. The third kappa shape index (κ3) is 30.0. The summed E-state index contributed by atoms with van der Waals surface area (Å²) in [6.07, 6.45) is 34.6. The summed E-state index contributed by atoms with van der Waals surface area (Å²) in [4.78, 5) is 25.3. The highest BCUT2D eigenvalue weighted by atomic mass is 16.7. The quantitative estimate of drug-likeness (QED) is 0.0268. The lowest BCUT2D eigenvalue weighted by Crippen LogP contribution is -2.59. The normalized spacial score (nSPS) is 20.4. The lowest BCUT2D eigenvalue weighted by Gasteiger charge is -2.39. The topological polar surface area (TPSA) is 152 Å². The molecule has 334 valence electrons. The lowest BCUT2D eigenvalue weighted by atomic mass is 9.99. The summed E-state index contributed by atoms with van der Waals surface area (Å²) in [6.45, 7) is 3.41. The van der Waals surface area contributed by atoms with Gasteiger partial charge in [0.1, 0.15) is 31.0 Å². The molecule has 1 rings (SSSR count). The van der Waals surface area contributed by atoms with Gasteiger partial charge in [-0.05, 0) is 38.5 Å². The first-order valence-electron chi connectivity index (χ1n) is 23.4. The van der Waals surface area contributed by atoms with Crippen LogP contribution in [-0.2, 0) is 28.5 Å². The van der Waals surface area contributed by atoms with Crippen LogP contribution < -0.4 is 0 Å². The fourth-order valence-corrected chi connectivity index (χ4v) is 7.12. The molecule has 2 unspecified atom stereocenters. The Labute approximate surface area is 347 Å². The smallest absolute Gasteiger partial charge is 0.306 e. The third-order valence-corrected chi connectivity index (χ3v) is 10.9. The van der Waals surface area contributed by atoms with Crippen molar-refractivity contribution in [1.29, 1.82) is 0 Å². The second-order valence-electron chi connectivity index (χ2n) is 16.2. The van der Waals surface area contributed by atoms with Gasteiger partial charge in [-0.25, -0.2) is 0 Å². The number of rotatable bonds is 39. The van der Waals surface area contributed by atoms with Gasteiger partial charge in [-0.3, -0.25) is 9.59 Å². The van der Waals surface area contributed by atoms with Crippen LogP contribution in [0.4, 0.5) is 0 Å². The Hall–Kier alpha value is -1.82. The van der Waals surface area contributed by atoms with Crippen LogP contribution in [0.5, 0.6) is 0 Å². The molecular formula is C47H86O10. The minimum absolute atomic E-state index is 0.222. The van der Waals surface area contributed by atoms with Crippen LogP contribution in [0.3, 0.4) is 0 Å². The van der Waals surface area contributed by atoms with Crippen molar-refractivity contribution < 1.29 is 49.0 Å². The minimum Gasteiger partial charge on any atom is -0.462 e. The van der Waals surface area contributed by atoms with E-state index in [4.69, 9.17) is 18.9 Å². The molecule has 1 heterocycles. The van der Waals surface area contributed by atoms with Crippen LogP contribution in [0.2, 0.25) is 0 Å². The van der Waals surface area contributed by atoms with Crippen molar-refractivity contribution in [2.24, 2.45) is 0 Å². The van der Waals surface area contributed by atoms with E-state index in [1.165, 1.54) is 109 Å². The second-order valence-corrected chi connectivity index (χ2v) is 16.2. The number of allylic oxidation sites excluding steroid dienone is 4. The number of unbranched alkanes of at least 4 members (excludes halogenated alkanes) is 25. The average molecular weight is 811 g/mol. The molecule has 57 heavy (non-hydrogen) atoms. The zero-order chi connectivity index (χ0) is 41.6. The van der Waals surface area contributed by atoms with Crippen molar-refractivity contribution in [3.63, 3.8) is 0 Å². The number of carbonyl (C=O) groups is 2. The first-order valence-corrected chi connectivity index (χ1v) is 23.4. The van der Waals surface area contributed by atoms with E-state index >= 15 is 0 Å². The van der Waals surface area contributed by atoms with Gasteiger partial charge in [-0.2, -0.15) is 0 Å². The highest BCUT2D eigenvalue weighted by molar-refractivity contribution is 5.70. The van der Waals surface area contributed by atoms with Gasteiger partial charge < -0.3 is 39.4 Å². The highest BCUT2D eigenvalue weighted by Gasteiger charge is 2.44. The van der Waals surface area contributed by atoms with Crippen LogP contribution >= 0.6 is 0 Å². The second kappa shape index (κ2) is 38.4. The summed E-state index contributed by atoms with van der Waals surface area (Å²) in [7, 11) is 0. The van der Waals surface area contributed by atoms with Crippen molar-refractivity contribution in [2.45, 2.75) is 243 Å². The maximum absolute atomic E-state index is 12.8. The molecule has 0 radical (unpaired) electrons. The van der Waals surface area contributed by atoms with Crippen LogP contribution in [0.25, 0.3) is 0 Å². The Kier molecular flexibility index (Phi) is 35.8. The van der Waals surface area contributed by atoms with E-state index in [0.29, 0.717) is 12.8 Å². The van der Waals surface area contributed by atoms with Crippen molar-refractivity contribution in [3.8, 4) is 0 Å². The fourth-order valence-electron chi connectivity index (χ4n) is 7.12. The van der Waals surface area contributed by atoms with E-state index in [2.05, 4.69) is 38.2 Å². The van der Waals surface area contributed by atoms with Crippen LogP contribution in [0.1, 0.15) is 206 Å². The highest BCUT2D eigenvalue weighted by Crippen LogP contribution is 2.23. The van der Waals surface area contributed by atoms with Crippen LogP contribution in [-0.4, -0.2) is 89.0 Å². The number of esters is 2. The van der Waals surface area contributed by atoms with Gasteiger partial charge in [0.2, 0.25) is 0 Å². The molecule has 4 N–H and O–H groups in total. The van der Waals surface area contributed by atoms with E-state index < -0.39 is 49.4 Å². The van der Waals surface area contributed by atoms with Gasteiger partial charge in [0.25, 0.3) is 0 Å². The maximum Gasteiger partial charge on any atom is 0.306 e. The number of carbonyl (C=O) groups excluding carboxylic acids is 2. The first-order chi connectivity index (χ1) is 27.8. The molecule has 1 fully saturated rings. The van der Waals surface area contributed by atoms with Gasteiger partial charge in [0.05, 0.1) is 13.2 Å². The predicted molar refractivity (Wildman–Crippen MR) is 229 cm³/mol. The summed E-state index contributed by atoms with van der Waals surface area (Å²) in [5.74, 6) is -0.816. The molecular weight excluding hydrogens is 725 g/mol. The van der Waals surface area contributed by atoms with E-state index in [0.717, 1.165) is 57.8 Å². The summed E-state index contributed by atoms with van der Waals surface area (Å²) in [5.41, 5.74) is 0. The molecule has 0 amide bonds. The minimum atomic E-state index is -1.59. The Morgan fingerprint density at radius 1 is 0.544 bits per heavy atom. The Bertz CT molecular complexity index is 985. The number of ether oxygens (including phenoxy) is 4. The van der Waals surface area contributed by atoms with E-state index in [1.54, 1.807) is 0 Å². The van der Waals surface area contributed by atoms with Crippen molar-refractivity contribution in [1.82, 2.24) is 0 Å². The third-order valence-electron chi connectivity index (χ3n) is 10.9. The molecule has 0 bridgehead atoms. The molecule has 6 atom stereocenters. The Morgan fingerprint density at radius 2 is 0.965 bits per heavy atom. The van der Waals surface area contributed by atoms with E-state index in [-0.39, 0.29) is 32.0 Å². The first kappa shape index (κ1) is 53.2. The van der Waals surface area contributed by atoms with E-state index in [9.17, 15) is 30.0 Å². The number of hydrogen-bond donors (Lipinski definition) is 4. The molecule has 10 heteroatoms. The molecule has 10 nitrogen and oxygen atoms in total. The molecule has 0 aromatic rings. The Morgan fingerprint density at radius 3 is 1.44 bits per heavy atom. The van der Waals surface area contributed by atoms with Crippen molar-refractivity contribution in [2.75, 3.05) is 19.8 Å². The monoisotopic (exact) mass is 811 g/mol. The average Bonchev–Trinajstić information content (AvgIpc) is 3.21. The molecule has 0 saturated carbocycles. The molecule has 1 aliphatic heterocycles. The van der Waals surface area contributed by atoms with Crippen molar-refractivity contribution >= 4 is 11.9 Å². The Balaban J connectivity index is 2.31. The predicted octanol–water partition coefficient (Wildman–Crippen LogP) is 10.1. The maximum atomic E-state index is 12.8. The fraction of sp³-hybridized carbons (Fsp3) is 0.872. The zero-order valence-electron chi connectivity index (χ0n) is 36.3. The van der Waals surface area contributed by atoms with Gasteiger partial charge in [-0.15, -0.1) is 0 Å². The molecule has 1 saturated heterocycles. The zero-order valence-corrected chi connectivity index (χ0v) is 36.3. The summed E-state index contributed by atoms with van der Waals surface area (Å²) in [6, 6.07) is 0. The lowest BCUT2D eigenvalue weighted by molar-refractivity contribution is -0.305. The molecule has 1 aliphatic rings. The summed E-state index contributed by atoms with van der Waals surface area (Å²) in [5, 5.41) is 40.1. The van der Waals surface area contributed by atoms with Crippen LogP contribution in [0, 0.1) is 0 Å². The standard InChI is InChI=1S/C47H86O10/c1-3-5-7-9-11-13-15-17-19-20-22-24-26-28-30-32-34-36-43(50)56-40(39-55-47-46(53)45(52)44(51)41(37-48)57-47)38-54-42(49)35-33-31-29-27-25-23-21-18-16-14-12-10-8-6-4-2/h14,16,18,21,40-41,44-48,51-53H,3-13,15,17,19-20,22-39H2,1-2H3/b16-14+,21-18+/t40-,41-,44+,45?,46?,47-/m1/s1.